The largest absolute Gasteiger partial charge is 0.388 e. The lowest BCUT2D eigenvalue weighted by atomic mass is 9.98. The molecule has 1 nitrogen and oxygen atoms in total. The number of anilines is 1. The number of hydrogen-bond donors (Lipinski definition) is 1. The minimum atomic E-state index is 1.05. The van der Waals surface area contributed by atoms with Gasteiger partial charge in [-0.2, -0.15) is 0 Å². The molecule has 116 valence electrons. The molecule has 0 saturated carbocycles. The molecule has 1 rings (SSSR count). The van der Waals surface area contributed by atoms with E-state index in [1.54, 1.807) is 0 Å². The topological polar surface area (TPSA) is 12.0 Å². The maximum Gasteiger partial charge on any atom is 0.0417 e. The molecule has 0 radical (unpaired) electrons. The Hall–Kier alpha value is -2.28. The van der Waals surface area contributed by atoms with Gasteiger partial charge in [-0.05, 0) is 56.1 Å². The molecule has 0 atom stereocenters. The summed E-state index contributed by atoms with van der Waals surface area (Å²) in [6.45, 7) is 12.6. The highest BCUT2D eigenvalue weighted by Crippen LogP contribution is 2.27. The van der Waals surface area contributed by atoms with Crippen LogP contribution in [0.1, 0.15) is 33.3 Å². The van der Waals surface area contributed by atoms with Crippen molar-refractivity contribution in [2.75, 3.05) is 12.4 Å². The van der Waals surface area contributed by atoms with E-state index in [1.165, 1.54) is 16.7 Å². The van der Waals surface area contributed by atoms with Crippen LogP contribution >= 0.6 is 0 Å². The van der Waals surface area contributed by atoms with Crippen LogP contribution in [0.5, 0.6) is 0 Å². The SMILES string of the molecule is C=C(/C(C)=C/C=C(C)/C(C)=C/C=CC)c1ccccc1NC. The zero-order chi connectivity index (χ0) is 16.5. The van der Waals surface area contributed by atoms with Crippen LogP contribution in [0.3, 0.4) is 0 Å². The van der Waals surface area contributed by atoms with Crippen molar-refractivity contribution in [1.29, 1.82) is 0 Å². The molecule has 0 aliphatic heterocycles. The Bertz CT molecular complexity index is 640. The molecule has 0 aliphatic carbocycles. The third kappa shape index (κ3) is 4.92. The lowest BCUT2D eigenvalue weighted by Gasteiger charge is -2.12. The predicted molar refractivity (Wildman–Crippen MR) is 101 cm³/mol. The highest BCUT2D eigenvalue weighted by Gasteiger charge is 2.05. The van der Waals surface area contributed by atoms with Crippen molar-refractivity contribution in [2.45, 2.75) is 27.7 Å². The fourth-order valence-corrected chi connectivity index (χ4v) is 2.03. The van der Waals surface area contributed by atoms with Crippen LogP contribution in [0.2, 0.25) is 0 Å². The highest BCUT2D eigenvalue weighted by molar-refractivity contribution is 5.84. The second-order valence-electron chi connectivity index (χ2n) is 5.35. The van der Waals surface area contributed by atoms with Crippen LogP contribution in [0, 0.1) is 0 Å². The molecule has 0 spiro atoms. The Labute approximate surface area is 135 Å². The lowest BCUT2D eigenvalue weighted by Crippen LogP contribution is -1.94. The number of rotatable bonds is 6. The number of para-hydroxylation sites is 1. The zero-order valence-electron chi connectivity index (χ0n) is 14.4. The molecular formula is C21H27N. The summed E-state index contributed by atoms with van der Waals surface area (Å²) >= 11 is 0. The van der Waals surface area contributed by atoms with Gasteiger partial charge in [-0.25, -0.2) is 0 Å². The Balaban J connectivity index is 3.00. The van der Waals surface area contributed by atoms with Gasteiger partial charge in [0.2, 0.25) is 0 Å². The average Bonchev–Trinajstić information content (AvgIpc) is 2.56. The van der Waals surface area contributed by atoms with Gasteiger partial charge in [-0.1, -0.05) is 55.2 Å². The monoisotopic (exact) mass is 293 g/mol. The van der Waals surface area contributed by atoms with E-state index in [1.807, 2.05) is 32.2 Å². The van der Waals surface area contributed by atoms with E-state index in [4.69, 9.17) is 0 Å². The predicted octanol–water partition coefficient (Wildman–Crippen LogP) is 6.16. The number of nitrogens with one attached hydrogen (secondary N) is 1. The van der Waals surface area contributed by atoms with E-state index in [0.717, 1.165) is 16.8 Å². The van der Waals surface area contributed by atoms with Crippen molar-refractivity contribution in [2.24, 2.45) is 0 Å². The van der Waals surface area contributed by atoms with Gasteiger partial charge in [0, 0.05) is 18.3 Å². The van der Waals surface area contributed by atoms with E-state index in [-0.39, 0.29) is 0 Å². The fourth-order valence-electron chi connectivity index (χ4n) is 2.03. The van der Waals surface area contributed by atoms with Gasteiger partial charge in [-0.3, -0.25) is 0 Å². The summed E-state index contributed by atoms with van der Waals surface area (Å²) in [5, 5.41) is 3.22. The van der Waals surface area contributed by atoms with Crippen molar-refractivity contribution in [3.63, 3.8) is 0 Å². The smallest absolute Gasteiger partial charge is 0.0417 e. The highest BCUT2D eigenvalue weighted by atomic mass is 14.8. The molecule has 1 aromatic carbocycles. The summed E-state index contributed by atoms with van der Waals surface area (Å²) < 4.78 is 0. The van der Waals surface area contributed by atoms with E-state index in [2.05, 4.69) is 69.1 Å². The van der Waals surface area contributed by atoms with Crippen molar-refractivity contribution in [3.05, 3.63) is 83.5 Å². The van der Waals surface area contributed by atoms with Gasteiger partial charge in [0.05, 0.1) is 0 Å². The summed E-state index contributed by atoms with van der Waals surface area (Å²) in [5.41, 5.74) is 6.98. The van der Waals surface area contributed by atoms with Crippen LogP contribution in [-0.4, -0.2) is 7.05 Å². The van der Waals surface area contributed by atoms with E-state index >= 15 is 0 Å². The fraction of sp³-hybridized carbons (Fsp3) is 0.238. The Morgan fingerprint density at radius 1 is 0.955 bits per heavy atom. The normalized spacial score (nSPS) is 13.6. The molecular weight excluding hydrogens is 266 g/mol. The van der Waals surface area contributed by atoms with Gasteiger partial charge in [-0.15, -0.1) is 0 Å². The Kier molecular flexibility index (Phi) is 7.18. The molecule has 0 saturated heterocycles. The van der Waals surface area contributed by atoms with E-state index in [9.17, 15) is 0 Å². The van der Waals surface area contributed by atoms with Gasteiger partial charge in [0.1, 0.15) is 0 Å². The summed E-state index contributed by atoms with van der Waals surface area (Å²) in [6.07, 6.45) is 10.5. The first kappa shape index (κ1) is 17.8. The molecule has 1 aromatic rings. The third-order valence-electron chi connectivity index (χ3n) is 3.74. The minimum absolute atomic E-state index is 1.05. The molecule has 1 heteroatoms. The van der Waals surface area contributed by atoms with Gasteiger partial charge in [0.25, 0.3) is 0 Å². The molecule has 0 bridgehead atoms. The zero-order valence-corrected chi connectivity index (χ0v) is 14.4. The molecule has 0 heterocycles. The maximum absolute atomic E-state index is 4.24. The quantitative estimate of drug-likeness (QED) is 0.620. The molecule has 0 aromatic heterocycles. The van der Waals surface area contributed by atoms with E-state index < -0.39 is 0 Å². The molecule has 0 aliphatic rings. The molecule has 0 amide bonds. The second kappa shape index (κ2) is 8.89. The molecule has 0 fully saturated rings. The van der Waals surface area contributed by atoms with E-state index in [0.29, 0.717) is 0 Å². The maximum atomic E-state index is 4.24. The third-order valence-corrected chi connectivity index (χ3v) is 3.74. The van der Waals surface area contributed by atoms with Crippen molar-refractivity contribution < 1.29 is 0 Å². The number of hydrogen-bond acceptors (Lipinski definition) is 1. The minimum Gasteiger partial charge on any atom is -0.388 e. The summed E-state index contributed by atoms with van der Waals surface area (Å²) in [6, 6.07) is 8.24. The summed E-state index contributed by atoms with van der Waals surface area (Å²) in [7, 11) is 1.94. The average molecular weight is 293 g/mol. The van der Waals surface area contributed by atoms with Gasteiger partial charge < -0.3 is 5.32 Å². The lowest BCUT2D eigenvalue weighted by molar-refractivity contribution is 1.34. The van der Waals surface area contributed by atoms with Crippen LogP contribution in [0.15, 0.2) is 77.9 Å². The Morgan fingerprint density at radius 2 is 1.55 bits per heavy atom. The van der Waals surface area contributed by atoms with Crippen LogP contribution in [-0.2, 0) is 0 Å². The molecule has 1 N–H and O–H groups in total. The first-order valence-corrected chi connectivity index (χ1v) is 7.62. The van der Waals surface area contributed by atoms with Crippen molar-refractivity contribution in [3.8, 4) is 0 Å². The van der Waals surface area contributed by atoms with Gasteiger partial charge in [0.15, 0.2) is 0 Å². The summed E-state index contributed by atoms with van der Waals surface area (Å²) in [5.74, 6) is 0. The molecule has 0 unspecified atom stereocenters. The van der Waals surface area contributed by atoms with Crippen LogP contribution in [0.25, 0.3) is 5.57 Å². The first-order valence-electron chi connectivity index (χ1n) is 7.62. The number of benzene rings is 1. The molecule has 22 heavy (non-hydrogen) atoms. The van der Waals surface area contributed by atoms with Crippen LogP contribution in [0.4, 0.5) is 5.69 Å². The number of allylic oxidation sites excluding steroid dienone is 9. The first-order chi connectivity index (χ1) is 10.5. The van der Waals surface area contributed by atoms with Gasteiger partial charge >= 0.3 is 0 Å². The van der Waals surface area contributed by atoms with Crippen molar-refractivity contribution in [1.82, 2.24) is 0 Å². The standard InChI is InChI=1S/C21H27N/c1-7-8-11-16(2)17(3)14-15-18(4)19(5)20-12-9-10-13-21(20)22-6/h7-15,22H,5H2,1-4,6H3/b8-7?,16-11+,17-14+,18-15+. The van der Waals surface area contributed by atoms with Crippen molar-refractivity contribution >= 4 is 11.3 Å². The Morgan fingerprint density at radius 3 is 2.18 bits per heavy atom. The van der Waals surface area contributed by atoms with Crippen LogP contribution < -0.4 is 5.32 Å². The summed E-state index contributed by atoms with van der Waals surface area (Å²) in [4.78, 5) is 0. The second-order valence-corrected chi connectivity index (χ2v) is 5.35.